The van der Waals surface area contributed by atoms with Crippen LogP contribution in [0.2, 0.25) is 0 Å². The highest BCUT2D eigenvalue weighted by Gasteiger charge is 2.32. The monoisotopic (exact) mass is 171 g/mol. The van der Waals surface area contributed by atoms with Crippen molar-refractivity contribution in [2.45, 2.75) is 45.1 Å². The Bertz CT molecular complexity index is 130. The normalized spacial score (nSPS) is 25.2. The zero-order chi connectivity index (χ0) is 9.03. The molecule has 0 aliphatic heterocycles. The maximum atomic E-state index is 6.07. The minimum Gasteiger partial charge on any atom is -0.383 e. The van der Waals surface area contributed by atoms with E-state index < -0.39 is 0 Å². The number of nitrogens with two attached hydrogens (primary N) is 1. The Morgan fingerprint density at radius 1 is 1.33 bits per heavy atom. The fraction of sp³-hybridized carbons (Fsp3) is 1.00. The van der Waals surface area contributed by atoms with Crippen molar-refractivity contribution < 1.29 is 4.74 Å². The highest BCUT2D eigenvalue weighted by atomic mass is 16.5. The molecule has 1 aliphatic carbocycles. The molecule has 72 valence electrons. The van der Waals surface area contributed by atoms with Gasteiger partial charge in [-0.05, 0) is 18.3 Å². The molecule has 0 aromatic rings. The van der Waals surface area contributed by atoms with Gasteiger partial charge in [-0.3, -0.25) is 0 Å². The fourth-order valence-corrected chi connectivity index (χ4v) is 2.11. The summed E-state index contributed by atoms with van der Waals surface area (Å²) in [5.41, 5.74) is 6.41. The third-order valence-corrected chi connectivity index (χ3v) is 3.24. The van der Waals surface area contributed by atoms with Gasteiger partial charge in [-0.25, -0.2) is 0 Å². The first-order chi connectivity index (χ1) is 5.69. The van der Waals surface area contributed by atoms with Gasteiger partial charge in [0.25, 0.3) is 0 Å². The summed E-state index contributed by atoms with van der Waals surface area (Å²) >= 11 is 0. The first kappa shape index (κ1) is 10.0. The Hall–Kier alpha value is -0.0800. The number of hydrogen-bond acceptors (Lipinski definition) is 2. The molecule has 0 spiro atoms. The van der Waals surface area contributed by atoms with E-state index in [-0.39, 0.29) is 6.04 Å². The van der Waals surface area contributed by atoms with Crippen molar-refractivity contribution in [2.24, 2.45) is 11.1 Å². The van der Waals surface area contributed by atoms with Gasteiger partial charge in [0.15, 0.2) is 0 Å². The molecule has 2 nitrogen and oxygen atoms in total. The van der Waals surface area contributed by atoms with Crippen LogP contribution in [0.5, 0.6) is 0 Å². The molecule has 0 radical (unpaired) electrons. The first-order valence-electron chi connectivity index (χ1n) is 4.93. The van der Waals surface area contributed by atoms with Crippen LogP contribution in [0.1, 0.15) is 39.0 Å². The molecule has 1 fully saturated rings. The quantitative estimate of drug-likeness (QED) is 0.704. The van der Waals surface area contributed by atoms with Crippen LogP contribution in [0.4, 0.5) is 0 Å². The van der Waals surface area contributed by atoms with Crippen molar-refractivity contribution in [1.29, 1.82) is 0 Å². The van der Waals surface area contributed by atoms with E-state index in [0.717, 1.165) is 0 Å². The van der Waals surface area contributed by atoms with Gasteiger partial charge in [0.1, 0.15) is 0 Å². The van der Waals surface area contributed by atoms with Crippen molar-refractivity contribution in [3.8, 4) is 0 Å². The van der Waals surface area contributed by atoms with Gasteiger partial charge in [0.05, 0.1) is 6.61 Å². The highest BCUT2D eigenvalue weighted by Crippen LogP contribution is 2.37. The predicted octanol–water partition coefficient (Wildman–Crippen LogP) is 1.93. The average molecular weight is 171 g/mol. The van der Waals surface area contributed by atoms with E-state index in [1.54, 1.807) is 7.11 Å². The van der Waals surface area contributed by atoms with Crippen LogP contribution in [0.15, 0.2) is 0 Å². The van der Waals surface area contributed by atoms with Crippen LogP contribution >= 0.6 is 0 Å². The smallest absolute Gasteiger partial charge is 0.0619 e. The molecule has 1 unspecified atom stereocenters. The molecule has 12 heavy (non-hydrogen) atoms. The van der Waals surface area contributed by atoms with Gasteiger partial charge in [0.2, 0.25) is 0 Å². The van der Waals surface area contributed by atoms with Gasteiger partial charge in [-0.15, -0.1) is 0 Å². The van der Waals surface area contributed by atoms with E-state index in [2.05, 4.69) is 6.92 Å². The Labute approximate surface area is 75.5 Å². The molecule has 0 amide bonds. The van der Waals surface area contributed by atoms with Crippen LogP contribution in [0.3, 0.4) is 0 Å². The molecule has 0 aromatic carbocycles. The van der Waals surface area contributed by atoms with E-state index in [0.29, 0.717) is 12.0 Å². The Morgan fingerprint density at radius 2 is 1.92 bits per heavy atom. The van der Waals surface area contributed by atoms with E-state index >= 15 is 0 Å². The maximum absolute atomic E-state index is 6.07. The molecule has 1 rings (SSSR count). The third-order valence-electron chi connectivity index (χ3n) is 3.24. The number of hydrogen-bond donors (Lipinski definition) is 1. The first-order valence-corrected chi connectivity index (χ1v) is 4.93. The van der Waals surface area contributed by atoms with Crippen LogP contribution in [-0.4, -0.2) is 19.8 Å². The second-order valence-corrected chi connectivity index (χ2v) is 4.28. The Kier molecular flexibility index (Phi) is 3.53. The molecular weight excluding hydrogens is 150 g/mol. The van der Waals surface area contributed by atoms with Crippen LogP contribution in [0.25, 0.3) is 0 Å². The van der Waals surface area contributed by atoms with Crippen molar-refractivity contribution >= 4 is 0 Å². The van der Waals surface area contributed by atoms with E-state index in [1.807, 2.05) is 0 Å². The lowest BCUT2D eigenvalue weighted by molar-refractivity contribution is 0.0894. The van der Waals surface area contributed by atoms with Crippen molar-refractivity contribution in [2.75, 3.05) is 13.7 Å². The zero-order valence-electron chi connectivity index (χ0n) is 8.31. The van der Waals surface area contributed by atoms with Gasteiger partial charge >= 0.3 is 0 Å². The topological polar surface area (TPSA) is 35.2 Å². The fourth-order valence-electron chi connectivity index (χ4n) is 2.11. The van der Waals surface area contributed by atoms with Gasteiger partial charge in [0, 0.05) is 13.2 Å². The lowest BCUT2D eigenvalue weighted by atomic mass is 9.71. The number of ether oxygens (including phenoxy) is 1. The maximum Gasteiger partial charge on any atom is 0.0619 e. The molecule has 0 saturated heterocycles. The summed E-state index contributed by atoms with van der Waals surface area (Å²) in [6, 6.07) is 0.225. The average Bonchev–Trinajstić information content (AvgIpc) is 2.06. The van der Waals surface area contributed by atoms with Gasteiger partial charge < -0.3 is 10.5 Å². The van der Waals surface area contributed by atoms with Crippen molar-refractivity contribution in [3.63, 3.8) is 0 Å². The largest absolute Gasteiger partial charge is 0.383 e. The lowest BCUT2D eigenvalue weighted by Crippen LogP contribution is -2.44. The SMILES string of the molecule is COCC(N)C1(C)CCCCC1. The molecule has 1 aliphatic rings. The second kappa shape index (κ2) is 4.24. The predicted molar refractivity (Wildman–Crippen MR) is 51.0 cm³/mol. The van der Waals surface area contributed by atoms with Crippen LogP contribution in [-0.2, 0) is 4.74 Å². The van der Waals surface area contributed by atoms with E-state index in [9.17, 15) is 0 Å². The minimum absolute atomic E-state index is 0.225. The summed E-state index contributed by atoms with van der Waals surface area (Å²) in [5, 5.41) is 0. The minimum atomic E-state index is 0.225. The summed E-state index contributed by atoms with van der Waals surface area (Å²) in [7, 11) is 1.73. The van der Waals surface area contributed by atoms with E-state index in [4.69, 9.17) is 10.5 Å². The Morgan fingerprint density at radius 3 is 2.42 bits per heavy atom. The number of methoxy groups -OCH3 is 1. The number of rotatable bonds is 3. The standard InChI is InChI=1S/C10H21NO/c1-10(9(11)8-12-2)6-4-3-5-7-10/h9H,3-8,11H2,1-2H3. The molecule has 2 N–H and O–H groups in total. The summed E-state index contributed by atoms with van der Waals surface area (Å²) in [6.45, 7) is 3.01. The highest BCUT2D eigenvalue weighted by molar-refractivity contribution is 4.87. The lowest BCUT2D eigenvalue weighted by Gasteiger charge is -2.38. The van der Waals surface area contributed by atoms with Crippen LogP contribution < -0.4 is 5.73 Å². The molecule has 0 aromatic heterocycles. The summed E-state index contributed by atoms with van der Waals surface area (Å²) in [4.78, 5) is 0. The zero-order valence-corrected chi connectivity index (χ0v) is 8.31. The molecule has 1 saturated carbocycles. The Balaban J connectivity index is 2.44. The summed E-state index contributed by atoms with van der Waals surface area (Å²) in [6.07, 6.45) is 6.62. The summed E-state index contributed by atoms with van der Waals surface area (Å²) < 4.78 is 5.10. The second-order valence-electron chi connectivity index (χ2n) is 4.28. The van der Waals surface area contributed by atoms with Gasteiger partial charge in [-0.2, -0.15) is 0 Å². The molecule has 0 bridgehead atoms. The van der Waals surface area contributed by atoms with Gasteiger partial charge in [-0.1, -0.05) is 26.2 Å². The third kappa shape index (κ3) is 2.20. The molecular formula is C10H21NO. The van der Waals surface area contributed by atoms with Crippen LogP contribution in [0, 0.1) is 5.41 Å². The van der Waals surface area contributed by atoms with E-state index in [1.165, 1.54) is 32.1 Å². The van der Waals surface area contributed by atoms with Crippen molar-refractivity contribution in [1.82, 2.24) is 0 Å². The molecule has 1 atom stereocenters. The summed E-state index contributed by atoms with van der Waals surface area (Å²) in [5.74, 6) is 0. The molecule has 2 heteroatoms. The van der Waals surface area contributed by atoms with Crippen molar-refractivity contribution in [3.05, 3.63) is 0 Å². The molecule has 0 heterocycles.